The molecule has 30 heavy (non-hydrogen) atoms. The van der Waals surface area contributed by atoms with E-state index in [0.29, 0.717) is 42.4 Å². The van der Waals surface area contributed by atoms with Crippen molar-refractivity contribution in [3.63, 3.8) is 0 Å². The third kappa shape index (κ3) is 7.67. The molecule has 0 aliphatic heterocycles. The van der Waals surface area contributed by atoms with Gasteiger partial charge in [0.05, 0.1) is 25.9 Å². The van der Waals surface area contributed by atoms with Gasteiger partial charge in [0.15, 0.2) is 0 Å². The topological polar surface area (TPSA) is 100 Å². The Morgan fingerprint density at radius 2 is 1.57 bits per heavy atom. The van der Waals surface area contributed by atoms with Crippen molar-refractivity contribution in [2.24, 2.45) is 0 Å². The maximum absolute atomic E-state index is 12.2. The van der Waals surface area contributed by atoms with E-state index < -0.39 is 18.0 Å². The molecular weight excluding hydrogens is 390 g/mol. The Bertz CT molecular complexity index is 860. The number of carbonyl (C=O) groups excluding carboxylic acids is 3. The number of hydrogen-bond donors (Lipinski definition) is 1. The van der Waals surface area contributed by atoms with Crippen LogP contribution in [0.4, 0.5) is 10.5 Å². The molecule has 0 fully saturated rings. The van der Waals surface area contributed by atoms with Gasteiger partial charge in [0, 0.05) is 11.8 Å². The van der Waals surface area contributed by atoms with Crippen molar-refractivity contribution < 1.29 is 33.3 Å². The molecule has 0 saturated carbocycles. The van der Waals surface area contributed by atoms with E-state index in [9.17, 15) is 14.4 Å². The van der Waals surface area contributed by atoms with Gasteiger partial charge < -0.3 is 18.9 Å². The first-order valence-corrected chi connectivity index (χ1v) is 9.21. The van der Waals surface area contributed by atoms with E-state index >= 15 is 0 Å². The molecule has 0 aliphatic rings. The molecule has 0 aromatic heterocycles. The Kier molecular flexibility index (Phi) is 8.92. The van der Waals surface area contributed by atoms with Gasteiger partial charge in [-0.25, -0.2) is 14.4 Å². The van der Waals surface area contributed by atoms with Crippen LogP contribution in [0.2, 0.25) is 0 Å². The smallest absolute Gasteiger partial charge is 0.411 e. The van der Waals surface area contributed by atoms with Crippen LogP contribution in [0.1, 0.15) is 23.2 Å². The molecule has 2 rings (SSSR count). The van der Waals surface area contributed by atoms with Crippen LogP contribution in [0.3, 0.4) is 0 Å². The molecule has 0 aliphatic carbocycles. The second-order valence-corrected chi connectivity index (χ2v) is 5.98. The Labute approximate surface area is 174 Å². The summed E-state index contributed by atoms with van der Waals surface area (Å²) in [7, 11) is 1.27. The van der Waals surface area contributed by atoms with Crippen LogP contribution < -0.4 is 14.8 Å². The van der Waals surface area contributed by atoms with Crippen molar-refractivity contribution in [2.45, 2.75) is 12.8 Å². The number of carbonyl (C=O) groups is 3. The molecule has 8 nitrogen and oxygen atoms in total. The average molecular weight is 413 g/mol. The Hall–Kier alpha value is -3.81. The van der Waals surface area contributed by atoms with E-state index in [-0.39, 0.29) is 0 Å². The highest BCUT2D eigenvalue weighted by atomic mass is 16.5. The molecule has 1 amide bonds. The van der Waals surface area contributed by atoms with Crippen molar-refractivity contribution >= 4 is 23.7 Å². The number of benzene rings is 2. The van der Waals surface area contributed by atoms with Gasteiger partial charge in [-0.2, -0.15) is 0 Å². The molecule has 0 radical (unpaired) electrons. The number of methoxy groups -OCH3 is 1. The zero-order chi connectivity index (χ0) is 21.8. The fourth-order valence-corrected chi connectivity index (χ4v) is 2.25. The highest BCUT2D eigenvalue weighted by Gasteiger charge is 2.09. The van der Waals surface area contributed by atoms with Crippen LogP contribution in [0.15, 0.2) is 61.2 Å². The molecule has 1 N–H and O–H groups in total. The van der Waals surface area contributed by atoms with Crippen LogP contribution in [0, 0.1) is 0 Å². The summed E-state index contributed by atoms with van der Waals surface area (Å²) in [6, 6.07) is 12.9. The van der Waals surface area contributed by atoms with E-state index in [2.05, 4.69) is 16.6 Å². The highest BCUT2D eigenvalue weighted by molar-refractivity contribution is 5.91. The summed E-state index contributed by atoms with van der Waals surface area (Å²) in [6.07, 6.45) is 1.94. The predicted octanol–water partition coefficient (Wildman–Crippen LogP) is 3.97. The van der Waals surface area contributed by atoms with Crippen LogP contribution in [0.25, 0.3) is 0 Å². The van der Waals surface area contributed by atoms with Gasteiger partial charge in [-0.05, 0) is 61.4 Å². The number of rotatable bonds is 10. The maximum atomic E-state index is 12.2. The summed E-state index contributed by atoms with van der Waals surface area (Å²) >= 11 is 0. The van der Waals surface area contributed by atoms with Crippen LogP contribution in [0.5, 0.6) is 11.5 Å². The lowest BCUT2D eigenvalue weighted by atomic mass is 10.2. The van der Waals surface area contributed by atoms with E-state index in [1.165, 1.54) is 7.11 Å². The van der Waals surface area contributed by atoms with Crippen molar-refractivity contribution in [1.82, 2.24) is 0 Å². The normalized spacial score (nSPS) is 9.90. The third-order valence-electron chi connectivity index (χ3n) is 3.81. The third-order valence-corrected chi connectivity index (χ3v) is 3.81. The van der Waals surface area contributed by atoms with Gasteiger partial charge in [-0.3, -0.25) is 5.32 Å². The minimum Gasteiger partial charge on any atom is -0.494 e. The summed E-state index contributed by atoms with van der Waals surface area (Å²) in [4.78, 5) is 34.3. The van der Waals surface area contributed by atoms with E-state index in [1.807, 2.05) is 0 Å². The monoisotopic (exact) mass is 413 g/mol. The first kappa shape index (κ1) is 22.5. The Morgan fingerprint density at radius 1 is 0.933 bits per heavy atom. The van der Waals surface area contributed by atoms with Crippen molar-refractivity contribution in [3.8, 4) is 11.5 Å². The fraction of sp³-hybridized carbons (Fsp3) is 0.227. The summed E-state index contributed by atoms with van der Waals surface area (Å²) in [5.74, 6) is 0.00669. The summed E-state index contributed by atoms with van der Waals surface area (Å²) in [5.41, 5.74) is 0.887. The molecule has 0 unspecified atom stereocenters. The molecule has 2 aromatic rings. The van der Waals surface area contributed by atoms with E-state index in [4.69, 9.17) is 14.2 Å². The van der Waals surface area contributed by atoms with Crippen LogP contribution >= 0.6 is 0 Å². The number of unbranched alkanes of at least 4 members (excludes halogenated alkanes) is 1. The van der Waals surface area contributed by atoms with Gasteiger partial charge in [0.1, 0.15) is 11.5 Å². The quantitative estimate of drug-likeness (QED) is 0.272. The van der Waals surface area contributed by atoms with Crippen molar-refractivity contribution in [2.75, 3.05) is 25.6 Å². The Morgan fingerprint density at radius 3 is 2.20 bits per heavy atom. The summed E-state index contributed by atoms with van der Waals surface area (Å²) in [6.45, 7) is 4.10. The Balaban J connectivity index is 1.76. The minimum atomic E-state index is -0.585. The zero-order valence-electron chi connectivity index (χ0n) is 16.6. The van der Waals surface area contributed by atoms with Gasteiger partial charge in [0.2, 0.25) is 0 Å². The van der Waals surface area contributed by atoms with Gasteiger partial charge >= 0.3 is 18.0 Å². The summed E-state index contributed by atoms with van der Waals surface area (Å²) in [5, 5.41) is 2.50. The molecular formula is C22H23NO7. The van der Waals surface area contributed by atoms with Crippen LogP contribution in [-0.4, -0.2) is 38.4 Å². The molecule has 0 spiro atoms. The number of ether oxygens (including phenoxy) is 4. The van der Waals surface area contributed by atoms with Gasteiger partial charge in [-0.15, -0.1) is 0 Å². The van der Waals surface area contributed by atoms with E-state index in [1.54, 1.807) is 48.5 Å². The molecule has 158 valence electrons. The van der Waals surface area contributed by atoms with E-state index in [0.717, 1.165) is 12.5 Å². The zero-order valence-corrected chi connectivity index (χ0v) is 16.6. The maximum Gasteiger partial charge on any atom is 0.411 e. The number of hydrogen-bond acceptors (Lipinski definition) is 7. The second kappa shape index (κ2) is 11.9. The lowest BCUT2D eigenvalue weighted by Gasteiger charge is -2.08. The highest BCUT2D eigenvalue weighted by Crippen LogP contribution is 2.19. The standard InChI is InChI=1S/C22H23NO7/c1-3-20(24)29-15-5-4-14-28-18-10-6-16(7-11-18)21(25)30-19-12-8-17(9-13-19)23-22(26)27-2/h3,6-13H,1,4-5,14-15H2,2H3,(H,23,26). The largest absolute Gasteiger partial charge is 0.494 e. The average Bonchev–Trinajstić information content (AvgIpc) is 2.77. The molecule has 8 heteroatoms. The predicted molar refractivity (Wildman–Crippen MR) is 110 cm³/mol. The number of nitrogens with one attached hydrogen (secondary N) is 1. The number of anilines is 1. The first-order chi connectivity index (χ1) is 14.5. The van der Waals surface area contributed by atoms with Gasteiger partial charge in [-0.1, -0.05) is 6.58 Å². The van der Waals surface area contributed by atoms with Crippen molar-refractivity contribution in [1.29, 1.82) is 0 Å². The molecule has 0 saturated heterocycles. The molecule has 0 atom stereocenters. The first-order valence-electron chi connectivity index (χ1n) is 9.21. The number of esters is 2. The fourth-order valence-electron chi connectivity index (χ4n) is 2.25. The van der Waals surface area contributed by atoms with Crippen LogP contribution in [-0.2, 0) is 14.3 Å². The lowest BCUT2D eigenvalue weighted by Crippen LogP contribution is -2.11. The molecule has 2 aromatic carbocycles. The lowest BCUT2D eigenvalue weighted by molar-refractivity contribution is -0.137. The van der Waals surface area contributed by atoms with Gasteiger partial charge in [0.25, 0.3) is 0 Å². The molecule has 0 bridgehead atoms. The van der Waals surface area contributed by atoms with Crippen molar-refractivity contribution in [3.05, 3.63) is 66.7 Å². The minimum absolute atomic E-state index is 0.318. The molecule has 0 heterocycles. The SMILES string of the molecule is C=CC(=O)OCCCCOc1ccc(C(=O)Oc2ccc(NC(=O)OC)cc2)cc1. The summed E-state index contributed by atoms with van der Waals surface area (Å²) < 4.78 is 20.3. The second-order valence-electron chi connectivity index (χ2n) is 5.98. The number of amides is 1.